The minimum atomic E-state index is -0.247. The Morgan fingerprint density at radius 2 is 1.76 bits per heavy atom. The Labute approximate surface area is 146 Å². The number of para-hydroxylation sites is 2. The van der Waals surface area contributed by atoms with Crippen LogP contribution in [-0.2, 0) is 6.61 Å². The van der Waals surface area contributed by atoms with Crippen molar-refractivity contribution in [1.29, 1.82) is 0 Å². The van der Waals surface area contributed by atoms with Crippen LogP contribution in [0.25, 0.3) is 0 Å². The average molecular weight is 334 g/mol. The van der Waals surface area contributed by atoms with Gasteiger partial charge in [0.05, 0.1) is 24.6 Å². The van der Waals surface area contributed by atoms with E-state index in [9.17, 15) is 4.79 Å². The lowest BCUT2D eigenvalue weighted by Crippen LogP contribution is -2.13. The van der Waals surface area contributed by atoms with Gasteiger partial charge in [-0.25, -0.2) is 0 Å². The highest BCUT2D eigenvalue weighted by atomic mass is 16.5. The van der Waals surface area contributed by atoms with Crippen LogP contribution in [-0.4, -0.2) is 18.0 Å². The first-order valence-corrected chi connectivity index (χ1v) is 7.83. The number of anilines is 1. The lowest BCUT2D eigenvalue weighted by Gasteiger charge is -2.13. The summed E-state index contributed by atoms with van der Waals surface area (Å²) in [6, 6.07) is 18.3. The van der Waals surface area contributed by atoms with Crippen LogP contribution in [0.4, 0.5) is 5.69 Å². The molecule has 0 radical (unpaired) electrons. The normalized spacial score (nSPS) is 10.1. The summed E-state index contributed by atoms with van der Waals surface area (Å²) in [5.41, 5.74) is 2.00. The summed E-state index contributed by atoms with van der Waals surface area (Å²) < 4.78 is 11.2. The van der Waals surface area contributed by atoms with E-state index in [2.05, 4.69) is 10.3 Å². The van der Waals surface area contributed by atoms with Crippen molar-refractivity contribution >= 4 is 11.6 Å². The summed E-state index contributed by atoms with van der Waals surface area (Å²) >= 11 is 0. The molecule has 3 rings (SSSR count). The fourth-order valence-corrected chi connectivity index (χ4v) is 2.39. The Morgan fingerprint density at radius 3 is 2.52 bits per heavy atom. The van der Waals surface area contributed by atoms with Crippen LogP contribution in [0.3, 0.4) is 0 Å². The molecule has 2 aromatic carbocycles. The summed E-state index contributed by atoms with van der Waals surface area (Å²) in [6.07, 6.45) is 3.25. The van der Waals surface area contributed by atoms with Gasteiger partial charge in [0.2, 0.25) is 0 Å². The molecule has 5 nitrogen and oxygen atoms in total. The highest BCUT2D eigenvalue weighted by molar-refractivity contribution is 6.06. The molecule has 0 spiro atoms. The maximum absolute atomic E-state index is 12.5. The zero-order chi connectivity index (χ0) is 17.5. The number of hydrogen-bond donors (Lipinski definition) is 1. The minimum absolute atomic E-state index is 0.247. The molecule has 0 aliphatic rings. The quantitative estimate of drug-likeness (QED) is 0.742. The van der Waals surface area contributed by atoms with E-state index in [0.29, 0.717) is 23.6 Å². The topological polar surface area (TPSA) is 60.5 Å². The maximum Gasteiger partial charge on any atom is 0.259 e. The molecule has 1 N–H and O–H groups in total. The first-order chi connectivity index (χ1) is 12.3. The number of nitrogens with zero attached hydrogens (tertiary/aromatic N) is 1. The van der Waals surface area contributed by atoms with E-state index in [-0.39, 0.29) is 5.91 Å². The predicted octanol–water partition coefficient (Wildman–Crippen LogP) is 3.92. The molecule has 1 aromatic heterocycles. The van der Waals surface area contributed by atoms with Crippen LogP contribution in [0.1, 0.15) is 15.9 Å². The van der Waals surface area contributed by atoms with Gasteiger partial charge in [-0.05, 0) is 30.3 Å². The third-order valence-corrected chi connectivity index (χ3v) is 3.63. The van der Waals surface area contributed by atoms with E-state index in [1.165, 1.54) is 0 Å². The maximum atomic E-state index is 12.5. The highest BCUT2D eigenvalue weighted by Crippen LogP contribution is 2.23. The Hall–Kier alpha value is -3.34. The average Bonchev–Trinajstić information content (AvgIpc) is 2.67. The van der Waals surface area contributed by atoms with E-state index in [1.54, 1.807) is 49.8 Å². The second kappa shape index (κ2) is 7.97. The SMILES string of the molecule is COc1ccccc1COc1ccccc1C(=O)Nc1cccnc1. The van der Waals surface area contributed by atoms with Crippen molar-refractivity contribution in [3.8, 4) is 11.5 Å². The molecule has 0 bridgehead atoms. The Morgan fingerprint density at radius 1 is 1.00 bits per heavy atom. The second-order valence-corrected chi connectivity index (χ2v) is 5.29. The fourth-order valence-electron chi connectivity index (χ4n) is 2.39. The number of benzene rings is 2. The summed E-state index contributed by atoms with van der Waals surface area (Å²) in [7, 11) is 1.62. The molecular formula is C20H18N2O3. The minimum Gasteiger partial charge on any atom is -0.496 e. The molecule has 1 amide bonds. The van der Waals surface area contributed by atoms with E-state index in [1.807, 2.05) is 30.3 Å². The lowest BCUT2D eigenvalue weighted by molar-refractivity contribution is 0.102. The Kier molecular flexibility index (Phi) is 5.26. The smallest absolute Gasteiger partial charge is 0.259 e. The number of methoxy groups -OCH3 is 1. The summed E-state index contributed by atoms with van der Waals surface area (Å²) in [5, 5.41) is 2.81. The van der Waals surface area contributed by atoms with E-state index in [4.69, 9.17) is 9.47 Å². The number of nitrogens with one attached hydrogen (secondary N) is 1. The van der Waals surface area contributed by atoms with Crippen LogP contribution in [0, 0.1) is 0 Å². The summed E-state index contributed by atoms with van der Waals surface area (Å²) in [5.74, 6) is 1.01. The van der Waals surface area contributed by atoms with Gasteiger partial charge in [-0.15, -0.1) is 0 Å². The first kappa shape index (κ1) is 16.5. The number of aromatic nitrogens is 1. The molecule has 0 saturated carbocycles. The standard InChI is InChI=1S/C20H18N2O3/c1-24-18-10-4-2-7-15(18)14-25-19-11-5-3-9-17(19)20(23)22-16-8-6-12-21-13-16/h2-13H,14H2,1H3,(H,22,23). The monoisotopic (exact) mass is 334 g/mol. The molecule has 0 fully saturated rings. The third kappa shape index (κ3) is 4.14. The molecule has 5 heteroatoms. The Bertz CT molecular complexity index is 850. The number of ether oxygens (including phenoxy) is 2. The molecule has 126 valence electrons. The van der Waals surface area contributed by atoms with Gasteiger partial charge in [-0.1, -0.05) is 30.3 Å². The van der Waals surface area contributed by atoms with Crippen molar-refractivity contribution in [2.45, 2.75) is 6.61 Å². The number of hydrogen-bond acceptors (Lipinski definition) is 4. The number of pyridine rings is 1. The van der Waals surface area contributed by atoms with Crippen molar-refractivity contribution in [2.75, 3.05) is 12.4 Å². The van der Waals surface area contributed by atoms with E-state index in [0.717, 1.165) is 11.3 Å². The van der Waals surface area contributed by atoms with Crippen molar-refractivity contribution in [3.63, 3.8) is 0 Å². The predicted molar refractivity (Wildman–Crippen MR) is 96.0 cm³/mol. The van der Waals surface area contributed by atoms with Crippen LogP contribution < -0.4 is 14.8 Å². The van der Waals surface area contributed by atoms with Gasteiger partial charge in [0.15, 0.2) is 0 Å². The molecule has 25 heavy (non-hydrogen) atoms. The summed E-state index contributed by atoms with van der Waals surface area (Å²) in [4.78, 5) is 16.5. The molecule has 1 heterocycles. The van der Waals surface area contributed by atoms with E-state index >= 15 is 0 Å². The van der Waals surface area contributed by atoms with Crippen molar-refractivity contribution in [2.24, 2.45) is 0 Å². The van der Waals surface area contributed by atoms with Gasteiger partial charge >= 0.3 is 0 Å². The number of rotatable bonds is 6. The van der Waals surface area contributed by atoms with Crippen molar-refractivity contribution in [1.82, 2.24) is 4.98 Å². The summed E-state index contributed by atoms with van der Waals surface area (Å²) in [6.45, 7) is 0.307. The third-order valence-electron chi connectivity index (χ3n) is 3.63. The number of amides is 1. The first-order valence-electron chi connectivity index (χ1n) is 7.83. The zero-order valence-electron chi connectivity index (χ0n) is 13.8. The molecule has 0 aliphatic carbocycles. The molecule has 0 unspecified atom stereocenters. The van der Waals surface area contributed by atoms with E-state index < -0.39 is 0 Å². The van der Waals surface area contributed by atoms with Gasteiger partial charge in [0.1, 0.15) is 18.1 Å². The highest BCUT2D eigenvalue weighted by Gasteiger charge is 2.13. The molecule has 0 saturated heterocycles. The van der Waals surface area contributed by atoms with Gasteiger partial charge in [-0.2, -0.15) is 0 Å². The Balaban J connectivity index is 1.75. The van der Waals surface area contributed by atoms with Crippen LogP contribution in [0.5, 0.6) is 11.5 Å². The van der Waals surface area contributed by atoms with Gasteiger partial charge in [0, 0.05) is 11.8 Å². The molecule has 0 aliphatic heterocycles. The zero-order valence-corrected chi connectivity index (χ0v) is 13.8. The number of carbonyl (C=O) groups is 1. The van der Waals surface area contributed by atoms with Gasteiger partial charge < -0.3 is 14.8 Å². The second-order valence-electron chi connectivity index (χ2n) is 5.29. The molecule has 0 atom stereocenters. The lowest BCUT2D eigenvalue weighted by atomic mass is 10.1. The van der Waals surface area contributed by atoms with Crippen LogP contribution in [0.15, 0.2) is 73.1 Å². The largest absolute Gasteiger partial charge is 0.496 e. The van der Waals surface area contributed by atoms with Gasteiger partial charge in [0.25, 0.3) is 5.91 Å². The molecule has 3 aromatic rings. The fraction of sp³-hybridized carbons (Fsp3) is 0.100. The number of carbonyl (C=O) groups excluding carboxylic acids is 1. The van der Waals surface area contributed by atoms with Crippen molar-refractivity contribution in [3.05, 3.63) is 84.2 Å². The molecular weight excluding hydrogens is 316 g/mol. The van der Waals surface area contributed by atoms with Crippen molar-refractivity contribution < 1.29 is 14.3 Å². The van der Waals surface area contributed by atoms with Crippen LogP contribution in [0.2, 0.25) is 0 Å². The van der Waals surface area contributed by atoms with Crippen LogP contribution >= 0.6 is 0 Å². The van der Waals surface area contributed by atoms with Gasteiger partial charge in [-0.3, -0.25) is 9.78 Å².